The molecule has 2 aromatic rings. The van der Waals surface area contributed by atoms with Gasteiger partial charge in [0.2, 0.25) is 10.0 Å². The molecular formula is C14H18N4O2S. The lowest BCUT2D eigenvalue weighted by atomic mass is 10.3. The molecule has 0 amide bonds. The molecular weight excluding hydrogens is 288 g/mol. The zero-order valence-corrected chi connectivity index (χ0v) is 12.8. The highest BCUT2D eigenvalue weighted by Gasteiger charge is 2.24. The van der Waals surface area contributed by atoms with Gasteiger partial charge in [0.15, 0.2) is 0 Å². The molecule has 2 aromatic heterocycles. The summed E-state index contributed by atoms with van der Waals surface area (Å²) in [6, 6.07) is 6.76. The maximum absolute atomic E-state index is 12.7. The fourth-order valence-electron chi connectivity index (χ4n) is 1.90. The zero-order valence-electron chi connectivity index (χ0n) is 12.0. The molecule has 0 saturated carbocycles. The van der Waals surface area contributed by atoms with Crippen molar-refractivity contribution in [3.63, 3.8) is 0 Å². The first-order valence-corrected chi connectivity index (χ1v) is 8.04. The summed E-state index contributed by atoms with van der Waals surface area (Å²) >= 11 is 0. The fraction of sp³-hybridized carbons (Fsp3) is 0.286. The van der Waals surface area contributed by atoms with Crippen LogP contribution >= 0.6 is 0 Å². The lowest BCUT2D eigenvalue weighted by Crippen LogP contribution is -2.27. The largest absolute Gasteiger partial charge is 0.369 e. The lowest BCUT2D eigenvalue weighted by molar-refractivity contribution is 0.466. The van der Waals surface area contributed by atoms with Gasteiger partial charge in [-0.2, -0.15) is 4.31 Å². The Morgan fingerprint density at radius 1 is 1.19 bits per heavy atom. The summed E-state index contributed by atoms with van der Waals surface area (Å²) in [6.07, 6.45) is 4.85. The Hall–Kier alpha value is -1.99. The van der Waals surface area contributed by atoms with E-state index >= 15 is 0 Å². The van der Waals surface area contributed by atoms with E-state index in [0.717, 1.165) is 5.56 Å². The van der Waals surface area contributed by atoms with Gasteiger partial charge in [-0.15, -0.1) is 0 Å². The van der Waals surface area contributed by atoms with Gasteiger partial charge in [-0.05, 0) is 36.8 Å². The molecule has 0 aliphatic carbocycles. The summed E-state index contributed by atoms with van der Waals surface area (Å²) in [4.78, 5) is 8.20. The first-order chi connectivity index (χ1) is 10.1. The first kappa shape index (κ1) is 15.4. The minimum absolute atomic E-state index is 0.184. The number of anilines is 1. The van der Waals surface area contributed by atoms with Crippen LogP contribution in [0.1, 0.15) is 12.5 Å². The smallest absolute Gasteiger partial charge is 0.246 e. The Kier molecular flexibility index (Phi) is 4.87. The second-order valence-corrected chi connectivity index (χ2v) is 6.51. The number of nitrogens with zero attached hydrogens (tertiary/aromatic N) is 3. The van der Waals surface area contributed by atoms with E-state index in [1.807, 2.05) is 6.92 Å². The molecule has 1 N–H and O–H groups in total. The lowest BCUT2D eigenvalue weighted by Gasteiger charge is -2.19. The summed E-state index contributed by atoms with van der Waals surface area (Å²) in [6.45, 7) is 2.78. The third-order valence-corrected chi connectivity index (χ3v) is 4.79. The fourth-order valence-corrected chi connectivity index (χ4v) is 3.17. The first-order valence-electron chi connectivity index (χ1n) is 6.60. The third kappa shape index (κ3) is 3.56. The molecule has 6 nitrogen and oxygen atoms in total. The van der Waals surface area contributed by atoms with Crippen LogP contribution in [0.25, 0.3) is 0 Å². The van der Waals surface area contributed by atoms with Crippen LogP contribution in [0, 0.1) is 0 Å². The van der Waals surface area contributed by atoms with Gasteiger partial charge in [0, 0.05) is 38.7 Å². The van der Waals surface area contributed by atoms with Crippen LogP contribution in [-0.4, -0.2) is 36.3 Å². The summed E-state index contributed by atoms with van der Waals surface area (Å²) in [7, 11) is -2.05. The second-order valence-electron chi connectivity index (χ2n) is 4.50. The van der Waals surface area contributed by atoms with Crippen molar-refractivity contribution < 1.29 is 8.42 Å². The predicted octanol–water partition coefficient (Wildman–Crippen LogP) is 1.73. The monoisotopic (exact) mass is 306 g/mol. The highest BCUT2D eigenvalue weighted by atomic mass is 32.2. The van der Waals surface area contributed by atoms with E-state index in [4.69, 9.17) is 0 Å². The van der Waals surface area contributed by atoms with E-state index in [-0.39, 0.29) is 11.4 Å². The minimum atomic E-state index is -3.60. The van der Waals surface area contributed by atoms with E-state index in [0.29, 0.717) is 12.4 Å². The van der Waals surface area contributed by atoms with Crippen LogP contribution in [0.15, 0.2) is 47.8 Å². The predicted molar refractivity (Wildman–Crippen MR) is 81.3 cm³/mol. The van der Waals surface area contributed by atoms with Crippen molar-refractivity contribution in [3.05, 3.63) is 48.4 Å². The molecule has 0 radical (unpaired) electrons. The van der Waals surface area contributed by atoms with E-state index in [9.17, 15) is 8.42 Å². The van der Waals surface area contributed by atoms with Crippen LogP contribution in [0.5, 0.6) is 0 Å². The molecule has 0 aromatic carbocycles. The minimum Gasteiger partial charge on any atom is -0.369 e. The van der Waals surface area contributed by atoms with Crippen molar-refractivity contribution in [2.45, 2.75) is 18.4 Å². The Labute approximate surface area is 124 Å². The molecule has 0 spiro atoms. The maximum atomic E-state index is 12.7. The van der Waals surface area contributed by atoms with Gasteiger partial charge in [-0.1, -0.05) is 0 Å². The number of hydrogen-bond acceptors (Lipinski definition) is 5. The highest BCUT2D eigenvalue weighted by Crippen LogP contribution is 2.22. The van der Waals surface area contributed by atoms with Gasteiger partial charge in [-0.3, -0.25) is 4.98 Å². The third-order valence-electron chi connectivity index (χ3n) is 2.96. The normalized spacial score (nSPS) is 11.6. The van der Waals surface area contributed by atoms with Gasteiger partial charge >= 0.3 is 0 Å². The van der Waals surface area contributed by atoms with E-state index in [1.165, 1.54) is 4.31 Å². The molecule has 0 aliphatic heterocycles. The molecule has 7 heteroatoms. The van der Waals surface area contributed by atoms with Crippen LogP contribution in [-0.2, 0) is 16.6 Å². The highest BCUT2D eigenvalue weighted by molar-refractivity contribution is 7.89. The molecule has 21 heavy (non-hydrogen) atoms. The van der Waals surface area contributed by atoms with Crippen LogP contribution in [0.4, 0.5) is 5.82 Å². The van der Waals surface area contributed by atoms with Crippen molar-refractivity contribution in [2.75, 3.05) is 18.9 Å². The Bertz CT molecular complexity index is 689. The standard InChI is InChI=1S/C14H18N4O2S/c1-3-16-14-13(5-4-8-17-14)21(19,20)18(2)11-12-6-9-15-10-7-12/h4-10H,3,11H2,1-2H3,(H,16,17). The SMILES string of the molecule is CCNc1ncccc1S(=O)(=O)N(C)Cc1ccncc1. The molecule has 0 saturated heterocycles. The zero-order chi connectivity index (χ0) is 15.3. The molecule has 112 valence electrons. The van der Waals surface area contributed by atoms with Gasteiger partial charge in [0.1, 0.15) is 10.7 Å². The number of aromatic nitrogens is 2. The summed E-state index contributed by atoms with van der Waals surface area (Å²) in [5.74, 6) is 0.376. The maximum Gasteiger partial charge on any atom is 0.246 e. The van der Waals surface area contributed by atoms with Gasteiger partial charge < -0.3 is 5.32 Å². The molecule has 0 fully saturated rings. The van der Waals surface area contributed by atoms with E-state index in [2.05, 4.69) is 15.3 Å². The Morgan fingerprint density at radius 3 is 2.57 bits per heavy atom. The van der Waals surface area contributed by atoms with Gasteiger partial charge in [0.05, 0.1) is 0 Å². The second kappa shape index (κ2) is 6.64. The molecule has 0 atom stereocenters. The van der Waals surface area contributed by atoms with E-state index < -0.39 is 10.0 Å². The van der Waals surface area contributed by atoms with Crippen molar-refractivity contribution in [1.82, 2.24) is 14.3 Å². The number of rotatable bonds is 6. The Morgan fingerprint density at radius 2 is 1.90 bits per heavy atom. The Balaban J connectivity index is 2.29. The van der Waals surface area contributed by atoms with Crippen molar-refractivity contribution in [1.29, 1.82) is 0 Å². The number of hydrogen-bond donors (Lipinski definition) is 1. The molecule has 0 bridgehead atoms. The van der Waals surface area contributed by atoms with Crippen molar-refractivity contribution >= 4 is 15.8 Å². The molecule has 2 heterocycles. The quantitative estimate of drug-likeness (QED) is 0.879. The average molecular weight is 306 g/mol. The number of pyridine rings is 2. The van der Waals surface area contributed by atoms with E-state index in [1.54, 1.807) is 49.9 Å². The van der Waals surface area contributed by atoms with Crippen LogP contribution in [0.2, 0.25) is 0 Å². The van der Waals surface area contributed by atoms with Gasteiger partial charge in [0.25, 0.3) is 0 Å². The van der Waals surface area contributed by atoms with Crippen molar-refractivity contribution in [2.24, 2.45) is 0 Å². The van der Waals surface area contributed by atoms with Crippen LogP contribution in [0.3, 0.4) is 0 Å². The number of sulfonamides is 1. The number of nitrogens with one attached hydrogen (secondary N) is 1. The van der Waals surface area contributed by atoms with Crippen LogP contribution < -0.4 is 5.32 Å². The summed E-state index contributed by atoms with van der Waals surface area (Å²) in [5.41, 5.74) is 0.880. The molecule has 0 unspecified atom stereocenters. The average Bonchev–Trinajstić information content (AvgIpc) is 2.49. The van der Waals surface area contributed by atoms with Gasteiger partial charge in [-0.25, -0.2) is 13.4 Å². The summed E-state index contributed by atoms with van der Waals surface area (Å²) < 4.78 is 26.6. The van der Waals surface area contributed by atoms with Crippen molar-refractivity contribution in [3.8, 4) is 0 Å². The molecule has 0 aliphatic rings. The molecule has 2 rings (SSSR count). The topological polar surface area (TPSA) is 75.2 Å². The summed E-state index contributed by atoms with van der Waals surface area (Å²) in [5, 5.41) is 2.97.